The summed E-state index contributed by atoms with van der Waals surface area (Å²) in [5, 5.41) is 25.6. The summed E-state index contributed by atoms with van der Waals surface area (Å²) in [5.41, 5.74) is 0.134. The molecule has 96 valence electrons. The minimum absolute atomic E-state index is 0.134. The zero-order valence-corrected chi connectivity index (χ0v) is 10.9. The van der Waals surface area contributed by atoms with Crippen LogP contribution in [0.15, 0.2) is 28.1 Å². The summed E-state index contributed by atoms with van der Waals surface area (Å²) < 4.78 is 22.1. The van der Waals surface area contributed by atoms with Gasteiger partial charge in [0.1, 0.15) is 11.4 Å². The SMILES string of the molecule is CSC(=Nc1ccc(S(N)(=O)=O)cc1O)NC#N. The number of thioether (sulfide) groups is 1. The number of nitrogens with two attached hydrogens (primary N) is 1. The van der Waals surface area contributed by atoms with Crippen LogP contribution < -0.4 is 10.5 Å². The Labute approximate surface area is 108 Å². The molecule has 0 aliphatic rings. The second kappa shape index (κ2) is 5.72. The topological polar surface area (TPSA) is 129 Å². The smallest absolute Gasteiger partial charge is 0.238 e. The van der Waals surface area contributed by atoms with Crippen molar-refractivity contribution in [1.29, 1.82) is 5.26 Å². The molecule has 0 atom stereocenters. The molecule has 0 spiro atoms. The predicted molar refractivity (Wildman–Crippen MR) is 68.8 cm³/mol. The van der Waals surface area contributed by atoms with Gasteiger partial charge in [-0.15, -0.1) is 0 Å². The monoisotopic (exact) mass is 286 g/mol. The number of phenolic OH excluding ortho intramolecular Hbond substituents is 1. The number of aliphatic imine (C=N–C) groups is 1. The molecule has 0 saturated carbocycles. The third kappa shape index (κ3) is 3.63. The van der Waals surface area contributed by atoms with Gasteiger partial charge in [0.2, 0.25) is 10.0 Å². The van der Waals surface area contributed by atoms with Crippen LogP contribution in [0.1, 0.15) is 0 Å². The van der Waals surface area contributed by atoms with Crippen molar-refractivity contribution >= 4 is 32.6 Å². The number of nitriles is 1. The van der Waals surface area contributed by atoms with Gasteiger partial charge in [-0.2, -0.15) is 5.26 Å². The van der Waals surface area contributed by atoms with Crippen molar-refractivity contribution < 1.29 is 13.5 Å². The van der Waals surface area contributed by atoms with Crippen LogP contribution in [0.25, 0.3) is 0 Å². The van der Waals surface area contributed by atoms with Gasteiger partial charge in [-0.25, -0.2) is 18.5 Å². The lowest BCUT2D eigenvalue weighted by molar-refractivity contribution is 0.474. The van der Waals surface area contributed by atoms with Crippen LogP contribution in [0.2, 0.25) is 0 Å². The Morgan fingerprint density at radius 1 is 1.61 bits per heavy atom. The van der Waals surface area contributed by atoms with E-state index in [0.29, 0.717) is 0 Å². The summed E-state index contributed by atoms with van der Waals surface area (Å²) in [6, 6.07) is 3.51. The summed E-state index contributed by atoms with van der Waals surface area (Å²) >= 11 is 1.17. The Bertz CT molecular complexity index is 619. The average Bonchev–Trinajstić information content (AvgIpc) is 2.29. The van der Waals surface area contributed by atoms with E-state index in [9.17, 15) is 13.5 Å². The number of hydrogen-bond acceptors (Lipinski definition) is 6. The third-order valence-electron chi connectivity index (χ3n) is 1.85. The molecule has 0 fully saturated rings. The fourth-order valence-corrected chi connectivity index (χ4v) is 1.93. The molecule has 1 aromatic rings. The van der Waals surface area contributed by atoms with Crippen molar-refractivity contribution in [3.05, 3.63) is 18.2 Å². The molecular weight excluding hydrogens is 276 g/mol. The normalized spacial score (nSPS) is 11.9. The van der Waals surface area contributed by atoms with E-state index in [-0.39, 0.29) is 21.5 Å². The van der Waals surface area contributed by atoms with Crippen molar-refractivity contribution in [3.63, 3.8) is 0 Å². The van der Waals surface area contributed by atoms with Gasteiger partial charge in [0.15, 0.2) is 11.4 Å². The van der Waals surface area contributed by atoms with Crippen LogP contribution in [0.4, 0.5) is 5.69 Å². The maximum absolute atomic E-state index is 11.0. The molecule has 18 heavy (non-hydrogen) atoms. The third-order valence-corrected chi connectivity index (χ3v) is 3.34. The van der Waals surface area contributed by atoms with Crippen molar-refractivity contribution in [2.45, 2.75) is 4.90 Å². The van der Waals surface area contributed by atoms with Gasteiger partial charge in [0.05, 0.1) is 4.90 Å². The van der Waals surface area contributed by atoms with Crippen LogP contribution in [0, 0.1) is 11.5 Å². The van der Waals surface area contributed by atoms with Gasteiger partial charge >= 0.3 is 0 Å². The summed E-state index contributed by atoms with van der Waals surface area (Å²) in [5.74, 6) is -0.340. The fourth-order valence-electron chi connectivity index (χ4n) is 1.06. The largest absolute Gasteiger partial charge is 0.506 e. The maximum atomic E-state index is 11.0. The maximum Gasteiger partial charge on any atom is 0.238 e. The van der Waals surface area contributed by atoms with Gasteiger partial charge < -0.3 is 5.11 Å². The second-order valence-corrected chi connectivity index (χ2v) is 5.41. The molecule has 0 unspecified atom stereocenters. The second-order valence-electron chi connectivity index (χ2n) is 3.05. The van der Waals surface area contributed by atoms with Crippen LogP contribution in [0.3, 0.4) is 0 Å². The first-order valence-electron chi connectivity index (χ1n) is 4.52. The molecule has 9 heteroatoms. The standard InChI is InChI=1S/C9H10N4O3S2/c1-17-9(12-5-10)13-7-3-2-6(4-8(7)14)18(11,15)16/h2-4,14H,1H3,(H,12,13)(H2,11,15,16). The first kappa shape index (κ1) is 14.3. The quantitative estimate of drug-likeness (QED) is 0.313. The molecule has 0 amide bonds. The van der Waals surface area contributed by atoms with Gasteiger partial charge in [-0.1, -0.05) is 11.8 Å². The number of nitrogens with zero attached hydrogens (tertiary/aromatic N) is 2. The van der Waals surface area contributed by atoms with Crippen molar-refractivity contribution in [2.24, 2.45) is 10.1 Å². The summed E-state index contributed by atoms with van der Waals surface area (Å²) in [6.45, 7) is 0. The molecular formula is C9H10N4O3S2. The lowest BCUT2D eigenvalue weighted by atomic mass is 10.3. The highest BCUT2D eigenvalue weighted by Crippen LogP contribution is 2.29. The van der Waals surface area contributed by atoms with Gasteiger partial charge in [0.25, 0.3) is 0 Å². The summed E-state index contributed by atoms with van der Waals surface area (Å²) in [4.78, 5) is 3.74. The van der Waals surface area contributed by atoms with E-state index in [0.717, 1.165) is 6.07 Å². The first-order valence-corrected chi connectivity index (χ1v) is 7.29. The molecule has 0 saturated heterocycles. The summed E-state index contributed by atoms with van der Waals surface area (Å²) in [7, 11) is -3.87. The van der Waals surface area contributed by atoms with Crippen molar-refractivity contribution in [3.8, 4) is 11.9 Å². The first-order chi connectivity index (χ1) is 8.38. The highest BCUT2D eigenvalue weighted by atomic mass is 32.2. The van der Waals surface area contributed by atoms with E-state index in [2.05, 4.69) is 10.3 Å². The average molecular weight is 286 g/mol. The Morgan fingerprint density at radius 2 is 2.28 bits per heavy atom. The van der Waals surface area contributed by atoms with Gasteiger partial charge in [-0.3, -0.25) is 5.32 Å². The number of benzene rings is 1. The van der Waals surface area contributed by atoms with Crippen LogP contribution in [-0.4, -0.2) is 24.9 Å². The Balaban J connectivity index is 3.19. The number of phenols is 1. The number of sulfonamides is 1. The molecule has 0 aromatic heterocycles. The number of rotatable bonds is 2. The Morgan fingerprint density at radius 3 is 2.72 bits per heavy atom. The Kier molecular flexibility index (Phi) is 4.55. The Hall–Kier alpha value is -1.76. The van der Waals surface area contributed by atoms with E-state index >= 15 is 0 Å². The van der Waals surface area contributed by atoms with E-state index in [1.165, 1.54) is 23.9 Å². The fraction of sp³-hybridized carbons (Fsp3) is 0.111. The zero-order valence-electron chi connectivity index (χ0n) is 9.28. The van der Waals surface area contributed by atoms with E-state index in [1.54, 1.807) is 12.4 Å². The predicted octanol–water partition coefficient (Wildman–Crippen LogP) is 0.461. The molecule has 4 N–H and O–H groups in total. The number of amidine groups is 1. The van der Waals surface area contributed by atoms with E-state index in [1.807, 2.05) is 0 Å². The molecule has 1 rings (SSSR count). The van der Waals surface area contributed by atoms with Crippen molar-refractivity contribution in [1.82, 2.24) is 5.32 Å². The highest BCUT2D eigenvalue weighted by Gasteiger charge is 2.11. The van der Waals surface area contributed by atoms with Gasteiger partial charge in [0, 0.05) is 6.07 Å². The molecule has 0 aliphatic heterocycles. The van der Waals surface area contributed by atoms with Crippen molar-refractivity contribution in [2.75, 3.05) is 6.26 Å². The molecule has 7 nitrogen and oxygen atoms in total. The molecule has 1 aromatic carbocycles. The highest BCUT2D eigenvalue weighted by molar-refractivity contribution is 8.13. The number of nitrogens with one attached hydrogen (secondary N) is 1. The number of aromatic hydroxyl groups is 1. The number of hydrogen-bond donors (Lipinski definition) is 3. The molecule has 0 aliphatic carbocycles. The minimum atomic E-state index is -3.87. The lowest BCUT2D eigenvalue weighted by Gasteiger charge is -2.04. The minimum Gasteiger partial charge on any atom is -0.506 e. The van der Waals surface area contributed by atoms with E-state index < -0.39 is 10.0 Å². The molecule has 0 heterocycles. The zero-order chi connectivity index (χ0) is 13.8. The van der Waals surface area contributed by atoms with Crippen LogP contribution in [0.5, 0.6) is 5.75 Å². The van der Waals surface area contributed by atoms with Gasteiger partial charge in [-0.05, 0) is 18.4 Å². The van der Waals surface area contributed by atoms with Crippen LogP contribution >= 0.6 is 11.8 Å². The van der Waals surface area contributed by atoms with E-state index in [4.69, 9.17) is 10.4 Å². The van der Waals surface area contributed by atoms with Crippen LogP contribution in [-0.2, 0) is 10.0 Å². The summed E-state index contributed by atoms with van der Waals surface area (Å²) in [6.07, 6.45) is 3.39. The molecule has 0 radical (unpaired) electrons. The number of primary sulfonamides is 1. The molecule has 0 bridgehead atoms. The lowest BCUT2D eigenvalue weighted by Crippen LogP contribution is -2.13.